The average molecular weight is 537 g/mol. The molecule has 0 spiro atoms. The van der Waals surface area contributed by atoms with Crippen LogP contribution in [0.25, 0.3) is 11.0 Å². The second-order valence-corrected chi connectivity index (χ2v) is 9.82. The second-order valence-electron chi connectivity index (χ2n) is 9.30. The van der Waals surface area contributed by atoms with Gasteiger partial charge in [0.05, 0.1) is 31.1 Å². The molecular weight excluding hydrogens is 508 g/mol. The fraction of sp³-hybridized carbons (Fsp3) is 0.370. The molecule has 10 nitrogen and oxygen atoms in total. The molecule has 0 aliphatic heterocycles. The molecule has 0 amide bonds. The minimum absolute atomic E-state index is 0.219. The van der Waals surface area contributed by atoms with Crippen LogP contribution < -0.4 is 14.2 Å². The normalized spacial score (nSPS) is 13.9. The van der Waals surface area contributed by atoms with Crippen molar-refractivity contribution in [2.75, 3.05) is 13.7 Å². The Balaban J connectivity index is 1.56. The van der Waals surface area contributed by atoms with Crippen molar-refractivity contribution < 1.29 is 28.9 Å². The number of carboxylic acids is 1. The summed E-state index contributed by atoms with van der Waals surface area (Å²) in [4.78, 5) is 22.8. The van der Waals surface area contributed by atoms with Gasteiger partial charge in [-0.3, -0.25) is 4.79 Å². The van der Waals surface area contributed by atoms with E-state index < -0.39 is 12.6 Å². The topological polar surface area (TPSA) is 126 Å². The Morgan fingerprint density at radius 1 is 1.13 bits per heavy atom. The lowest BCUT2D eigenvalue weighted by Gasteiger charge is -2.21. The largest absolute Gasteiger partial charge is 0.497 e. The molecule has 1 N–H and O–H groups in total. The molecule has 5 rings (SSSR count). The zero-order chi connectivity index (χ0) is 26.5. The van der Waals surface area contributed by atoms with Crippen molar-refractivity contribution >= 4 is 35.2 Å². The smallest absolute Gasteiger partial charge is 0.341 e. The van der Waals surface area contributed by atoms with E-state index in [4.69, 9.17) is 24.4 Å². The Labute approximate surface area is 223 Å². The molecule has 0 radical (unpaired) electrons. The summed E-state index contributed by atoms with van der Waals surface area (Å²) >= 11 is 1.17. The van der Waals surface area contributed by atoms with Crippen LogP contribution in [0.2, 0.25) is 0 Å². The lowest BCUT2D eigenvalue weighted by molar-refractivity contribution is -0.139. The van der Waals surface area contributed by atoms with E-state index in [0.29, 0.717) is 35.8 Å². The van der Waals surface area contributed by atoms with Crippen LogP contribution in [0.15, 0.2) is 36.4 Å². The summed E-state index contributed by atoms with van der Waals surface area (Å²) in [6, 6.07) is 11.2. The first-order chi connectivity index (χ1) is 18.6. The van der Waals surface area contributed by atoms with Crippen molar-refractivity contribution in [3.05, 3.63) is 58.8 Å². The summed E-state index contributed by atoms with van der Waals surface area (Å²) in [7, 11) is 1.53. The number of benzene rings is 2. The van der Waals surface area contributed by atoms with Crippen LogP contribution in [0, 0.1) is 0 Å². The number of carbonyl (C=O) groups excluding carboxylic acids is 1. The minimum Gasteiger partial charge on any atom is -0.497 e. The van der Waals surface area contributed by atoms with Crippen LogP contribution in [0.4, 0.5) is 0 Å². The third kappa shape index (κ3) is 5.62. The second kappa shape index (κ2) is 11.6. The number of carbonyl (C=O) groups is 2. The molecule has 0 saturated heterocycles. The number of hydrogen-bond donors (Lipinski definition) is 1. The zero-order valence-corrected chi connectivity index (χ0v) is 21.8. The molecule has 2 aromatic carbocycles. The predicted molar refractivity (Wildman–Crippen MR) is 140 cm³/mol. The quantitative estimate of drug-likeness (QED) is 0.274. The van der Waals surface area contributed by atoms with Gasteiger partial charge in [0.25, 0.3) is 6.47 Å². The average Bonchev–Trinajstić information content (AvgIpc) is 3.53. The first-order valence-electron chi connectivity index (χ1n) is 12.5. The van der Waals surface area contributed by atoms with Crippen molar-refractivity contribution in [1.29, 1.82) is 0 Å². The lowest BCUT2D eigenvalue weighted by Crippen LogP contribution is -2.13. The maximum Gasteiger partial charge on any atom is 0.341 e. The molecule has 2 heterocycles. The number of methoxy groups -OCH3 is 1. The fourth-order valence-corrected chi connectivity index (χ4v) is 5.54. The van der Waals surface area contributed by atoms with Crippen molar-refractivity contribution in [1.82, 2.24) is 18.5 Å². The van der Waals surface area contributed by atoms with Gasteiger partial charge >= 0.3 is 5.97 Å². The first-order valence-corrected chi connectivity index (χ1v) is 13.2. The molecule has 198 valence electrons. The third-order valence-electron chi connectivity index (χ3n) is 6.83. The Morgan fingerprint density at radius 2 is 1.95 bits per heavy atom. The molecule has 0 atom stereocenters. The summed E-state index contributed by atoms with van der Waals surface area (Å²) in [5.74, 6) is 0.447. The van der Waals surface area contributed by atoms with E-state index in [1.165, 1.54) is 25.3 Å². The molecule has 0 unspecified atom stereocenters. The maximum absolute atomic E-state index is 11.7. The maximum atomic E-state index is 11.7. The predicted octanol–water partition coefficient (Wildman–Crippen LogP) is 4.58. The molecule has 2 aromatic heterocycles. The number of hydrogen-bond acceptors (Lipinski definition) is 9. The van der Waals surface area contributed by atoms with Crippen molar-refractivity contribution in [2.24, 2.45) is 0 Å². The van der Waals surface area contributed by atoms with E-state index in [1.54, 1.807) is 22.9 Å². The third-order valence-corrected chi connectivity index (χ3v) is 7.38. The molecule has 38 heavy (non-hydrogen) atoms. The van der Waals surface area contributed by atoms with E-state index in [1.807, 2.05) is 18.2 Å². The fourth-order valence-electron chi connectivity index (χ4n) is 5.03. The minimum atomic E-state index is -1.09. The van der Waals surface area contributed by atoms with Crippen molar-refractivity contribution in [2.45, 2.75) is 51.0 Å². The lowest BCUT2D eigenvalue weighted by atomic mass is 9.84. The Hall–Kier alpha value is -3.99. The molecule has 1 aliphatic rings. The number of nitrogens with zero attached hydrogens (tertiary/aromatic N) is 4. The van der Waals surface area contributed by atoms with E-state index in [0.717, 1.165) is 53.5 Å². The number of ether oxygens (including phenoxy) is 3. The highest BCUT2D eigenvalue weighted by molar-refractivity contribution is 7.00. The highest BCUT2D eigenvalue weighted by Crippen LogP contribution is 2.39. The number of aliphatic carboxylic acids is 1. The summed E-state index contributed by atoms with van der Waals surface area (Å²) in [6.45, 7) is 0.144. The summed E-state index contributed by atoms with van der Waals surface area (Å²) in [6.07, 6.45) is 6.03. The monoisotopic (exact) mass is 536 g/mol. The SMILES string of the molecule is COc1ccc(Cn2nc(C3CCCCC3)c(Cc3ccc4nsnc4c3)c2OC=O)c(OCC(=O)O)c1. The molecule has 1 aliphatic carbocycles. The Kier molecular flexibility index (Phi) is 7.83. The van der Waals surface area contributed by atoms with E-state index >= 15 is 0 Å². The Morgan fingerprint density at radius 3 is 2.71 bits per heavy atom. The highest BCUT2D eigenvalue weighted by Gasteiger charge is 2.28. The summed E-state index contributed by atoms with van der Waals surface area (Å²) in [5, 5.41) is 14.1. The highest BCUT2D eigenvalue weighted by atomic mass is 32.1. The van der Waals surface area contributed by atoms with Crippen LogP contribution in [0.3, 0.4) is 0 Å². The van der Waals surface area contributed by atoms with Gasteiger partial charge in [-0.1, -0.05) is 25.3 Å². The van der Waals surface area contributed by atoms with Gasteiger partial charge in [-0.15, -0.1) is 0 Å². The van der Waals surface area contributed by atoms with Crippen LogP contribution >= 0.6 is 11.7 Å². The van der Waals surface area contributed by atoms with Gasteiger partial charge in [0.2, 0.25) is 5.88 Å². The van der Waals surface area contributed by atoms with Crippen molar-refractivity contribution in [3.63, 3.8) is 0 Å². The first kappa shape index (κ1) is 25.7. The molecule has 1 saturated carbocycles. The van der Waals surface area contributed by atoms with Crippen LogP contribution in [-0.4, -0.2) is 49.8 Å². The standard InChI is InChI=1S/C27H28N4O6S/c1-35-20-9-8-19(24(13-20)36-15-25(33)34)14-31-27(37-16-32)21(26(28-31)18-5-3-2-4-6-18)11-17-7-10-22-23(12-17)30-38-29-22/h7-10,12-13,16,18H,2-6,11,14-15H2,1H3,(H,33,34). The van der Waals surface area contributed by atoms with E-state index in [2.05, 4.69) is 8.75 Å². The van der Waals surface area contributed by atoms with E-state index in [9.17, 15) is 9.59 Å². The van der Waals surface area contributed by atoms with Gasteiger partial charge in [-0.25, -0.2) is 9.48 Å². The summed E-state index contributed by atoms with van der Waals surface area (Å²) < 4.78 is 26.7. The molecule has 11 heteroatoms. The van der Waals surface area contributed by atoms with Gasteiger partial charge in [0, 0.05) is 29.5 Å². The van der Waals surface area contributed by atoms with Gasteiger partial charge in [-0.05, 0) is 42.7 Å². The van der Waals surface area contributed by atoms with Gasteiger partial charge in [-0.2, -0.15) is 13.8 Å². The number of carboxylic acid groups (broad SMARTS) is 1. The molecule has 1 fully saturated rings. The summed E-state index contributed by atoms with van der Waals surface area (Å²) in [5.41, 5.74) is 5.18. The molecule has 0 bridgehead atoms. The zero-order valence-electron chi connectivity index (χ0n) is 21.0. The number of aromatic nitrogens is 4. The van der Waals surface area contributed by atoms with Crippen LogP contribution in [0.5, 0.6) is 17.4 Å². The molecular formula is C27H28N4O6S. The number of rotatable bonds is 11. The van der Waals surface area contributed by atoms with E-state index in [-0.39, 0.29) is 12.5 Å². The Bertz CT molecular complexity index is 1440. The van der Waals surface area contributed by atoms with Gasteiger partial charge in [0.1, 0.15) is 22.5 Å². The van der Waals surface area contributed by atoms with Gasteiger partial charge < -0.3 is 19.3 Å². The molecule has 4 aromatic rings. The van der Waals surface area contributed by atoms with Crippen LogP contribution in [-0.2, 0) is 22.6 Å². The number of fused-ring (bicyclic) bond motifs is 1. The van der Waals surface area contributed by atoms with Crippen molar-refractivity contribution in [3.8, 4) is 17.4 Å². The van der Waals surface area contributed by atoms with Gasteiger partial charge in [0.15, 0.2) is 6.61 Å². The van der Waals surface area contributed by atoms with Crippen LogP contribution in [0.1, 0.15) is 60.4 Å².